The average molecular weight is 328 g/mol. The Hall–Kier alpha value is -0.830. The van der Waals surface area contributed by atoms with Crippen molar-refractivity contribution in [1.29, 1.82) is 0 Å². The molecular weight excluding hydrogens is 321 g/mol. The van der Waals surface area contributed by atoms with Crippen LogP contribution in [0.5, 0.6) is 0 Å². The van der Waals surface area contributed by atoms with Crippen LogP contribution in [0.4, 0.5) is 8.78 Å². The number of aromatic carboxylic acids is 1. The highest BCUT2D eigenvalue weighted by molar-refractivity contribution is 14.1. The topological polar surface area (TPSA) is 76.2 Å². The lowest BCUT2D eigenvalue weighted by Crippen LogP contribution is -2.12. The molecule has 1 aromatic rings. The average Bonchev–Trinajstić information content (AvgIpc) is 2.16. The smallest absolute Gasteiger partial charge is 0.338 e. The second-order valence-electron chi connectivity index (χ2n) is 2.66. The fraction of sp³-hybridized carbons (Fsp3) is 0.250. The van der Waals surface area contributed by atoms with Gasteiger partial charge < -0.3 is 10.8 Å². The highest BCUT2D eigenvalue weighted by atomic mass is 127. The van der Waals surface area contributed by atoms with Gasteiger partial charge in [0.2, 0.25) is 0 Å². The van der Waals surface area contributed by atoms with Crippen molar-refractivity contribution in [2.75, 3.05) is 0 Å². The molecule has 0 aliphatic rings. The number of nitrogens with two attached hydrogens (primary N) is 1. The molecule has 0 aliphatic heterocycles. The van der Waals surface area contributed by atoms with Gasteiger partial charge in [0.1, 0.15) is 5.69 Å². The summed E-state index contributed by atoms with van der Waals surface area (Å²) in [6, 6.07) is 0. The normalized spacial score (nSPS) is 10.7. The SMILES string of the molecule is NCc1c(C(F)F)ncc(C(=O)O)c1I. The van der Waals surface area contributed by atoms with Gasteiger partial charge in [-0.15, -0.1) is 0 Å². The summed E-state index contributed by atoms with van der Waals surface area (Å²) in [5, 5.41) is 8.74. The molecule has 0 radical (unpaired) electrons. The Morgan fingerprint density at radius 3 is 2.67 bits per heavy atom. The third-order valence-corrected chi connectivity index (χ3v) is 3.02. The van der Waals surface area contributed by atoms with E-state index in [1.165, 1.54) is 0 Å². The Bertz CT molecular complexity index is 398. The number of halogens is 3. The largest absolute Gasteiger partial charge is 0.478 e. The third kappa shape index (κ3) is 2.40. The van der Waals surface area contributed by atoms with Crippen LogP contribution in [0.1, 0.15) is 28.0 Å². The van der Waals surface area contributed by atoms with Crippen LogP contribution in [-0.2, 0) is 6.54 Å². The van der Waals surface area contributed by atoms with Gasteiger partial charge in [-0.05, 0) is 22.6 Å². The van der Waals surface area contributed by atoms with Crippen LogP contribution in [0.3, 0.4) is 0 Å². The number of alkyl halides is 2. The molecule has 0 unspecified atom stereocenters. The number of hydrogen-bond donors (Lipinski definition) is 2. The van der Waals surface area contributed by atoms with Gasteiger partial charge >= 0.3 is 5.97 Å². The molecule has 0 spiro atoms. The highest BCUT2D eigenvalue weighted by Gasteiger charge is 2.20. The Labute approximate surface area is 97.6 Å². The first kappa shape index (κ1) is 12.2. The van der Waals surface area contributed by atoms with Gasteiger partial charge in [-0.1, -0.05) is 0 Å². The zero-order valence-electron chi connectivity index (χ0n) is 7.38. The van der Waals surface area contributed by atoms with E-state index in [0.29, 0.717) is 0 Å². The molecule has 0 saturated heterocycles. The molecule has 4 nitrogen and oxygen atoms in total. The van der Waals surface area contributed by atoms with Crippen molar-refractivity contribution in [3.8, 4) is 0 Å². The summed E-state index contributed by atoms with van der Waals surface area (Å²) >= 11 is 1.68. The van der Waals surface area contributed by atoms with Crippen LogP contribution in [0.25, 0.3) is 0 Å². The number of hydrogen-bond acceptors (Lipinski definition) is 3. The van der Waals surface area contributed by atoms with Gasteiger partial charge in [0, 0.05) is 21.9 Å². The van der Waals surface area contributed by atoms with Crippen molar-refractivity contribution in [2.24, 2.45) is 5.73 Å². The number of carboxylic acids is 1. The van der Waals surface area contributed by atoms with Crippen LogP contribution in [0, 0.1) is 3.57 Å². The van der Waals surface area contributed by atoms with E-state index in [1.54, 1.807) is 22.6 Å². The first-order valence-corrected chi connectivity index (χ1v) is 4.95. The van der Waals surface area contributed by atoms with Gasteiger partial charge in [0.05, 0.1) is 5.56 Å². The first-order chi connectivity index (χ1) is 6.99. The molecule has 1 aromatic heterocycles. The summed E-state index contributed by atoms with van der Waals surface area (Å²) in [4.78, 5) is 14.1. The monoisotopic (exact) mass is 328 g/mol. The predicted octanol–water partition coefficient (Wildman–Crippen LogP) is 1.78. The minimum absolute atomic E-state index is 0.0884. The van der Waals surface area contributed by atoms with E-state index in [1.807, 2.05) is 0 Å². The van der Waals surface area contributed by atoms with Crippen LogP contribution < -0.4 is 5.73 Å². The van der Waals surface area contributed by atoms with E-state index >= 15 is 0 Å². The second-order valence-corrected chi connectivity index (χ2v) is 3.74. The summed E-state index contributed by atoms with van der Waals surface area (Å²) < 4.78 is 25.1. The Morgan fingerprint density at radius 1 is 1.67 bits per heavy atom. The number of carboxylic acid groups (broad SMARTS) is 1. The van der Waals surface area contributed by atoms with Crippen LogP contribution in [0.2, 0.25) is 0 Å². The standard InChI is InChI=1S/C8H7F2IN2O2/c9-7(10)6-3(1-12)5(11)4(2-13-6)8(14)15/h2,7H,1,12H2,(H,14,15). The minimum atomic E-state index is -2.75. The summed E-state index contributed by atoms with van der Waals surface area (Å²) in [5.41, 5.74) is 4.81. The Balaban J connectivity index is 3.39. The highest BCUT2D eigenvalue weighted by Crippen LogP contribution is 2.26. The molecule has 1 heterocycles. The van der Waals surface area contributed by atoms with Crippen LogP contribution in [-0.4, -0.2) is 16.1 Å². The van der Waals surface area contributed by atoms with Crippen LogP contribution >= 0.6 is 22.6 Å². The quantitative estimate of drug-likeness (QED) is 0.830. The van der Waals surface area contributed by atoms with Crippen molar-refractivity contribution < 1.29 is 18.7 Å². The second kappa shape index (κ2) is 4.79. The first-order valence-electron chi connectivity index (χ1n) is 3.87. The zero-order valence-corrected chi connectivity index (χ0v) is 9.53. The molecule has 3 N–H and O–H groups in total. The minimum Gasteiger partial charge on any atom is -0.478 e. The van der Waals surface area contributed by atoms with Gasteiger partial charge in [0.25, 0.3) is 6.43 Å². The number of rotatable bonds is 3. The van der Waals surface area contributed by atoms with Crippen LogP contribution in [0.15, 0.2) is 6.20 Å². The predicted molar refractivity (Wildman–Crippen MR) is 56.8 cm³/mol. The molecule has 15 heavy (non-hydrogen) atoms. The van der Waals surface area contributed by atoms with Gasteiger partial charge in [0.15, 0.2) is 0 Å². The number of aromatic nitrogens is 1. The molecule has 0 fully saturated rings. The molecule has 0 aliphatic carbocycles. The molecule has 7 heteroatoms. The maximum Gasteiger partial charge on any atom is 0.338 e. The summed E-state index contributed by atoms with van der Waals surface area (Å²) in [6.45, 7) is -0.161. The van der Waals surface area contributed by atoms with Crippen molar-refractivity contribution in [1.82, 2.24) is 4.98 Å². The molecule has 1 rings (SSSR count). The summed E-state index contributed by atoms with van der Waals surface area (Å²) in [6.07, 6.45) is -1.83. The maximum atomic E-state index is 12.5. The molecule has 0 atom stereocenters. The molecule has 0 saturated carbocycles. The zero-order chi connectivity index (χ0) is 11.6. The Morgan fingerprint density at radius 2 is 2.27 bits per heavy atom. The lowest BCUT2D eigenvalue weighted by atomic mass is 10.1. The summed E-state index contributed by atoms with van der Waals surface area (Å²) in [5.74, 6) is -1.21. The van der Waals surface area contributed by atoms with Crippen molar-refractivity contribution in [3.63, 3.8) is 0 Å². The number of carbonyl (C=O) groups is 1. The van der Waals surface area contributed by atoms with E-state index < -0.39 is 18.1 Å². The molecule has 0 bridgehead atoms. The lowest BCUT2D eigenvalue weighted by Gasteiger charge is -2.09. The van der Waals surface area contributed by atoms with E-state index in [0.717, 1.165) is 6.20 Å². The number of pyridine rings is 1. The molecule has 0 aromatic carbocycles. The van der Waals surface area contributed by atoms with Gasteiger partial charge in [-0.3, -0.25) is 4.98 Å². The van der Waals surface area contributed by atoms with E-state index in [4.69, 9.17) is 10.8 Å². The Kier molecular flexibility index (Phi) is 3.91. The maximum absolute atomic E-state index is 12.5. The van der Waals surface area contributed by atoms with Gasteiger partial charge in [-0.2, -0.15) is 0 Å². The van der Waals surface area contributed by atoms with Crippen molar-refractivity contribution in [2.45, 2.75) is 13.0 Å². The van der Waals surface area contributed by atoms with Crippen molar-refractivity contribution in [3.05, 3.63) is 26.6 Å². The number of nitrogens with zero attached hydrogens (tertiary/aromatic N) is 1. The van der Waals surface area contributed by atoms with E-state index in [-0.39, 0.29) is 21.2 Å². The summed E-state index contributed by atoms with van der Waals surface area (Å²) in [7, 11) is 0. The van der Waals surface area contributed by atoms with Crippen molar-refractivity contribution >= 4 is 28.6 Å². The molecule has 82 valence electrons. The lowest BCUT2D eigenvalue weighted by molar-refractivity contribution is 0.0694. The fourth-order valence-corrected chi connectivity index (χ4v) is 1.94. The van der Waals surface area contributed by atoms with E-state index in [2.05, 4.69) is 4.98 Å². The van der Waals surface area contributed by atoms with Gasteiger partial charge in [-0.25, -0.2) is 13.6 Å². The van der Waals surface area contributed by atoms with E-state index in [9.17, 15) is 13.6 Å². The molecule has 0 amide bonds. The molecular formula is C8H7F2IN2O2. The third-order valence-electron chi connectivity index (χ3n) is 1.78. The fourth-order valence-electron chi connectivity index (χ4n) is 1.08.